The molecule has 0 aliphatic heterocycles. The fraction of sp³-hybridized carbons (Fsp3) is 0.571. The highest BCUT2D eigenvalue weighted by Gasteiger charge is 2.08. The average molecular weight is 261 g/mol. The molecule has 0 aromatic carbocycles. The molecule has 1 N–H and O–H groups in total. The van der Waals surface area contributed by atoms with Gasteiger partial charge in [0.15, 0.2) is 0 Å². The van der Waals surface area contributed by atoms with E-state index in [9.17, 15) is 0 Å². The Morgan fingerprint density at radius 1 is 1.37 bits per heavy atom. The molecule has 0 aliphatic rings. The van der Waals surface area contributed by atoms with E-state index in [1.807, 2.05) is 24.9 Å². The van der Waals surface area contributed by atoms with Gasteiger partial charge in [-0.05, 0) is 45.9 Å². The Bertz CT molecular complexity index is 526. The van der Waals surface area contributed by atoms with Crippen LogP contribution in [0.5, 0.6) is 0 Å². The molecule has 0 radical (unpaired) electrons. The van der Waals surface area contributed by atoms with Gasteiger partial charge in [-0.3, -0.25) is 9.36 Å². The van der Waals surface area contributed by atoms with Crippen molar-refractivity contribution in [3.8, 4) is 0 Å². The minimum Gasteiger partial charge on any atom is -0.309 e. The van der Waals surface area contributed by atoms with Crippen molar-refractivity contribution in [1.29, 1.82) is 0 Å². The van der Waals surface area contributed by atoms with Crippen molar-refractivity contribution in [2.75, 3.05) is 6.54 Å². The fourth-order valence-corrected chi connectivity index (χ4v) is 2.36. The van der Waals surface area contributed by atoms with Gasteiger partial charge < -0.3 is 5.32 Å². The number of aryl methyl sites for hydroxylation is 4. The number of hydrogen-bond donors (Lipinski definition) is 1. The molecule has 5 heteroatoms. The predicted molar refractivity (Wildman–Crippen MR) is 75.9 cm³/mol. The monoisotopic (exact) mass is 261 g/mol. The van der Waals surface area contributed by atoms with Crippen LogP contribution in [0.15, 0.2) is 18.3 Å². The summed E-state index contributed by atoms with van der Waals surface area (Å²) in [6, 6.07) is 4.50. The summed E-state index contributed by atoms with van der Waals surface area (Å²) in [7, 11) is 1.98. The molecule has 1 unspecified atom stereocenters. The Kier molecular flexibility index (Phi) is 4.37. The van der Waals surface area contributed by atoms with Gasteiger partial charge in [0.1, 0.15) is 0 Å². The maximum Gasteiger partial charge on any atom is 0.0596 e. The van der Waals surface area contributed by atoms with Crippen LogP contribution in [0.1, 0.15) is 36.5 Å². The lowest BCUT2D eigenvalue weighted by Crippen LogP contribution is -2.23. The molecule has 0 bridgehead atoms. The maximum atomic E-state index is 4.47. The Hall–Kier alpha value is -1.62. The lowest BCUT2D eigenvalue weighted by Gasteiger charge is -2.14. The summed E-state index contributed by atoms with van der Waals surface area (Å²) in [5, 5.41) is 12.2. The molecule has 19 heavy (non-hydrogen) atoms. The van der Waals surface area contributed by atoms with Gasteiger partial charge in [-0.15, -0.1) is 0 Å². The van der Waals surface area contributed by atoms with E-state index in [1.54, 1.807) is 0 Å². The van der Waals surface area contributed by atoms with E-state index in [0.717, 1.165) is 25.2 Å². The summed E-state index contributed by atoms with van der Waals surface area (Å²) in [4.78, 5) is 0. The Balaban J connectivity index is 1.75. The van der Waals surface area contributed by atoms with Crippen LogP contribution >= 0.6 is 0 Å². The SMILES string of the molecule is Cc1cc(C)n(CCCNC(C)c2ccnn2C)n1. The van der Waals surface area contributed by atoms with Crippen LogP contribution < -0.4 is 5.32 Å². The van der Waals surface area contributed by atoms with Crippen LogP contribution in [0.3, 0.4) is 0 Å². The van der Waals surface area contributed by atoms with E-state index < -0.39 is 0 Å². The third-order valence-electron chi connectivity index (χ3n) is 3.40. The van der Waals surface area contributed by atoms with Crippen LogP contribution in [-0.4, -0.2) is 26.1 Å². The third-order valence-corrected chi connectivity index (χ3v) is 3.40. The molecule has 0 spiro atoms. The van der Waals surface area contributed by atoms with Crippen molar-refractivity contribution in [3.63, 3.8) is 0 Å². The Labute approximate surface area is 114 Å². The third kappa shape index (κ3) is 3.44. The van der Waals surface area contributed by atoms with E-state index >= 15 is 0 Å². The molecule has 0 saturated carbocycles. The zero-order chi connectivity index (χ0) is 13.8. The largest absolute Gasteiger partial charge is 0.309 e. The van der Waals surface area contributed by atoms with Crippen molar-refractivity contribution in [3.05, 3.63) is 35.4 Å². The highest BCUT2D eigenvalue weighted by molar-refractivity contribution is 5.06. The molecule has 2 rings (SSSR count). The molecular formula is C14H23N5. The van der Waals surface area contributed by atoms with E-state index in [2.05, 4.69) is 46.2 Å². The summed E-state index contributed by atoms with van der Waals surface area (Å²) in [6.45, 7) is 8.24. The van der Waals surface area contributed by atoms with Gasteiger partial charge in [0, 0.05) is 31.5 Å². The Morgan fingerprint density at radius 2 is 2.16 bits per heavy atom. The van der Waals surface area contributed by atoms with Crippen molar-refractivity contribution < 1.29 is 0 Å². The first-order valence-corrected chi connectivity index (χ1v) is 6.80. The highest BCUT2D eigenvalue weighted by Crippen LogP contribution is 2.10. The first kappa shape index (κ1) is 13.8. The first-order chi connectivity index (χ1) is 9.08. The molecule has 2 aromatic heterocycles. The van der Waals surface area contributed by atoms with E-state index in [4.69, 9.17) is 0 Å². The number of rotatable bonds is 6. The zero-order valence-corrected chi connectivity index (χ0v) is 12.2. The maximum absolute atomic E-state index is 4.47. The molecular weight excluding hydrogens is 238 g/mol. The van der Waals surface area contributed by atoms with Gasteiger partial charge in [-0.2, -0.15) is 10.2 Å². The standard InChI is InChI=1S/C14H23N5/c1-11-10-12(2)19(17-11)9-5-7-15-13(3)14-6-8-16-18(14)4/h6,8,10,13,15H,5,7,9H2,1-4H3. The van der Waals surface area contributed by atoms with Crippen LogP contribution in [0.25, 0.3) is 0 Å². The second-order valence-electron chi connectivity index (χ2n) is 5.06. The fourth-order valence-electron chi connectivity index (χ4n) is 2.36. The number of hydrogen-bond acceptors (Lipinski definition) is 3. The molecule has 0 amide bonds. The quantitative estimate of drug-likeness (QED) is 0.809. The summed E-state index contributed by atoms with van der Waals surface area (Å²) in [5.74, 6) is 0. The minimum absolute atomic E-state index is 0.327. The molecule has 0 aliphatic carbocycles. The van der Waals surface area contributed by atoms with Crippen molar-refractivity contribution in [2.45, 2.75) is 39.8 Å². The zero-order valence-electron chi connectivity index (χ0n) is 12.2. The van der Waals surface area contributed by atoms with E-state index in [1.165, 1.54) is 11.4 Å². The van der Waals surface area contributed by atoms with Crippen molar-refractivity contribution >= 4 is 0 Å². The van der Waals surface area contributed by atoms with Crippen molar-refractivity contribution in [2.24, 2.45) is 7.05 Å². The van der Waals surface area contributed by atoms with Crippen molar-refractivity contribution in [1.82, 2.24) is 24.9 Å². The number of nitrogens with one attached hydrogen (secondary N) is 1. The molecule has 2 aromatic rings. The summed E-state index contributed by atoms with van der Waals surface area (Å²) in [5.41, 5.74) is 3.54. The Morgan fingerprint density at radius 3 is 2.74 bits per heavy atom. The highest BCUT2D eigenvalue weighted by atomic mass is 15.3. The van der Waals surface area contributed by atoms with E-state index in [0.29, 0.717) is 6.04 Å². The summed E-state index contributed by atoms with van der Waals surface area (Å²) >= 11 is 0. The second kappa shape index (κ2) is 6.02. The second-order valence-corrected chi connectivity index (χ2v) is 5.06. The van der Waals surface area contributed by atoms with Crippen LogP contribution in [0.4, 0.5) is 0 Å². The number of aromatic nitrogens is 4. The van der Waals surface area contributed by atoms with Gasteiger partial charge in [0.2, 0.25) is 0 Å². The predicted octanol–water partition coefficient (Wildman–Crippen LogP) is 1.97. The first-order valence-electron chi connectivity index (χ1n) is 6.80. The molecule has 1 atom stereocenters. The van der Waals surface area contributed by atoms with Crippen LogP contribution in [-0.2, 0) is 13.6 Å². The normalized spacial score (nSPS) is 12.8. The average Bonchev–Trinajstić information content (AvgIpc) is 2.91. The van der Waals surface area contributed by atoms with Gasteiger partial charge in [0.25, 0.3) is 0 Å². The molecule has 2 heterocycles. The molecule has 5 nitrogen and oxygen atoms in total. The van der Waals surface area contributed by atoms with Crippen LogP contribution in [0.2, 0.25) is 0 Å². The van der Waals surface area contributed by atoms with Gasteiger partial charge in [-0.1, -0.05) is 0 Å². The van der Waals surface area contributed by atoms with E-state index in [-0.39, 0.29) is 0 Å². The molecule has 0 saturated heterocycles. The topological polar surface area (TPSA) is 47.7 Å². The van der Waals surface area contributed by atoms with Crippen LogP contribution in [0, 0.1) is 13.8 Å². The van der Waals surface area contributed by atoms with Gasteiger partial charge in [0.05, 0.1) is 11.4 Å². The molecule has 104 valence electrons. The van der Waals surface area contributed by atoms with Gasteiger partial charge in [-0.25, -0.2) is 0 Å². The smallest absolute Gasteiger partial charge is 0.0596 e. The van der Waals surface area contributed by atoms with Gasteiger partial charge >= 0.3 is 0 Å². The summed E-state index contributed by atoms with van der Waals surface area (Å²) < 4.78 is 3.99. The minimum atomic E-state index is 0.327. The number of nitrogens with zero attached hydrogens (tertiary/aromatic N) is 4. The summed E-state index contributed by atoms with van der Waals surface area (Å²) in [6.07, 6.45) is 2.91. The lowest BCUT2D eigenvalue weighted by molar-refractivity contribution is 0.484. The lowest BCUT2D eigenvalue weighted by atomic mass is 10.2. The molecule has 0 fully saturated rings.